The van der Waals surface area contributed by atoms with E-state index in [0.29, 0.717) is 12.5 Å². The standard InChI is InChI=1S/C21H26N2O4/c1-12-14-10-23-8-7-21(16-5-3-4-6-17(16)22-20(21)25)18(23)9-13(14)15(11-27-12)19(24)26-2/h3-6,12-15,18H,7-11H2,1-2H3,(H,22,25)/t12-,13+,14+,15+,18+,21-/m1/s1. The SMILES string of the molecule is COC(=O)[C@H]1CO[C@H](C)[C@@H]2CN3CC[C@]4(C(=O)Nc5ccccc54)[C@@H]3C[C@@H]21. The van der Waals surface area contributed by atoms with Gasteiger partial charge in [-0.3, -0.25) is 14.5 Å². The summed E-state index contributed by atoms with van der Waals surface area (Å²) in [6.45, 7) is 4.30. The number of hydrogen-bond acceptors (Lipinski definition) is 5. The van der Waals surface area contributed by atoms with Crippen LogP contribution in [-0.4, -0.2) is 55.7 Å². The zero-order valence-corrected chi connectivity index (χ0v) is 15.8. The zero-order chi connectivity index (χ0) is 18.8. The molecule has 6 nitrogen and oxygen atoms in total. The molecule has 0 saturated carbocycles. The van der Waals surface area contributed by atoms with Crippen molar-refractivity contribution in [3.05, 3.63) is 29.8 Å². The molecule has 5 rings (SSSR count). The number of carbonyl (C=O) groups excluding carboxylic acids is 2. The minimum Gasteiger partial charge on any atom is -0.469 e. The molecule has 6 heteroatoms. The summed E-state index contributed by atoms with van der Waals surface area (Å²) < 4.78 is 11.0. The molecule has 4 aliphatic rings. The molecule has 0 unspecified atom stereocenters. The van der Waals surface area contributed by atoms with Crippen LogP contribution in [0.15, 0.2) is 24.3 Å². The second kappa shape index (κ2) is 6.04. The van der Waals surface area contributed by atoms with Crippen LogP contribution in [0.25, 0.3) is 0 Å². The molecule has 6 atom stereocenters. The van der Waals surface area contributed by atoms with Crippen LogP contribution in [0.1, 0.15) is 25.3 Å². The predicted molar refractivity (Wildman–Crippen MR) is 99.2 cm³/mol. The third-order valence-electron chi connectivity index (χ3n) is 7.52. The maximum absolute atomic E-state index is 13.2. The molecule has 4 aliphatic heterocycles. The molecule has 0 bridgehead atoms. The van der Waals surface area contributed by atoms with Crippen LogP contribution >= 0.6 is 0 Å². The lowest BCUT2D eigenvalue weighted by Gasteiger charge is -2.50. The summed E-state index contributed by atoms with van der Waals surface area (Å²) in [5, 5.41) is 3.11. The summed E-state index contributed by atoms with van der Waals surface area (Å²) >= 11 is 0. The van der Waals surface area contributed by atoms with E-state index in [9.17, 15) is 9.59 Å². The Hall–Kier alpha value is -1.92. The van der Waals surface area contributed by atoms with Crippen LogP contribution in [-0.2, 0) is 24.5 Å². The largest absolute Gasteiger partial charge is 0.469 e. The van der Waals surface area contributed by atoms with E-state index in [0.717, 1.165) is 37.2 Å². The number of fused-ring (bicyclic) bond motifs is 5. The fourth-order valence-electron chi connectivity index (χ4n) is 6.13. The van der Waals surface area contributed by atoms with Gasteiger partial charge in [-0.25, -0.2) is 0 Å². The second-order valence-electron chi connectivity index (χ2n) is 8.46. The topological polar surface area (TPSA) is 67.9 Å². The molecule has 4 heterocycles. The number of ether oxygens (including phenoxy) is 2. The number of amides is 1. The Morgan fingerprint density at radius 1 is 1.33 bits per heavy atom. The van der Waals surface area contributed by atoms with Gasteiger partial charge in [-0.05, 0) is 43.9 Å². The van der Waals surface area contributed by atoms with Gasteiger partial charge in [0.1, 0.15) is 0 Å². The van der Waals surface area contributed by atoms with Crippen molar-refractivity contribution < 1.29 is 19.1 Å². The van der Waals surface area contributed by atoms with Crippen molar-refractivity contribution in [3.63, 3.8) is 0 Å². The molecular formula is C21H26N2O4. The number of piperidine rings is 1. The highest BCUT2D eigenvalue weighted by Crippen LogP contribution is 2.54. The van der Waals surface area contributed by atoms with E-state index >= 15 is 0 Å². The predicted octanol–water partition coefficient (Wildman–Crippen LogP) is 1.79. The Labute approximate surface area is 159 Å². The molecule has 3 saturated heterocycles. The summed E-state index contributed by atoms with van der Waals surface area (Å²) in [4.78, 5) is 28.0. The number of anilines is 1. The van der Waals surface area contributed by atoms with Gasteiger partial charge in [-0.15, -0.1) is 0 Å². The third-order valence-corrected chi connectivity index (χ3v) is 7.52. The number of benzene rings is 1. The average Bonchev–Trinajstić information content (AvgIpc) is 3.20. The Morgan fingerprint density at radius 3 is 2.96 bits per heavy atom. The maximum Gasteiger partial charge on any atom is 0.311 e. The van der Waals surface area contributed by atoms with E-state index < -0.39 is 5.41 Å². The highest BCUT2D eigenvalue weighted by atomic mass is 16.5. The normalized spacial score (nSPS) is 40.2. The lowest BCUT2D eigenvalue weighted by molar-refractivity contribution is -0.169. The molecule has 1 aromatic carbocycles. The van der Waals surface area contributed by atoms with Crippen LogP contribution in [0, 0.1) is 17.8 Å². The van der Waals surface area contributed by atoms with Gasteiger partial charge in [-0.1, -0.05) is 18.2 Å². The molecular weight excluding hydrogens is 344 g/mol. The number of methoxy groups -OCH3 is 1. The van der Waals surface area contributed by atoms with Crippen LogP contribution in [0.3, 0.4) is 0 Å². The van der Waals surface area contributed by atoms with Crippen molar-refractivity contribution in [2.24, 2.45) is 17.8 Å². The minimum absolute atomic E-state index is 0.115. The van der Waals surface area contributed by atoms with Crippen LogP contribution in [0.5, 0.6) is 0 Å². The van der Waals surface area contributed by atoms with Gasteiger partial charge in [0, 0.05) is 24.2 Å². The second-order valence-corrected chi connectivity index (χ2v) is 8.46. The first kappa shape index (κ1) is 17.2. The number of rotatable bonds is 1. The van der Waals surface area contributed by atoms with Crippen LogP contribution < -0.4 is 5.32 Å². The highest BCUT2D eigenvalue weighted by Gasteiger charge is 2.61. The molecule has 0 radical (unpaired) electrons. The molecule has 144 valence electrons. The first-order valence-corrected chi connectivity index (χ1v) is 9.90. The zero-order valence-electron chi connectivity index (χ0n) is 15.8. The van der Waals surface area contributed by atoms with Gasteiger partial charge in [0.15, 0.2) is 0 Å². The van der Waals surface area contributed by atoms with Crippen LogP contribution in [0.4, 0.5) is 5.69 Å². The van der Waals surface area contributed by atoms with E-state index in [1.54, 1.807) is 0 Å². The molecule has 1 N–H and O–H groups in total. The van der Waals surface area contributed by atoms with Crippen molar-refractivity contribution in [2.45, 2.75) is 37.3 Å². The summed E-state index contributed by atoms with van der Waals surface area (Å²) in [5.41, 5.74) is 1.57. The van der Waals surface area contributed by atoms with Gasteiger partial charge >= 0.3 is 5.97 Å². The van der Waals surface area contributed by atoms with Crippen molar-refractivity contribution in [3.8, 4) is 0 Å². The van der Waals surface area contributed by atoms with Crippen molar-refractivity contribution in [1.29, 1.82) is 0 Å². The van der Waals surface area contributed by atoms with Gasteiger partial charge < -0.3 is 14.8 Å². The first-order valence-electron chi connectivity index (χ1n) is 9.90. The fraction of sp³-hybridized carbons (Fsp3) is 0.619. The highest BCUT2D eigenvalue weighted by molar-refractivity contribution is 6.07. The number of para-hydroxylation sites is 1. The quantitative estimate of drug-likeness (QED) is 0.764. The lowest BCUT2D eigenvalue weighted by atomic mass is 9.65. The molecule has 1 spiro atoms. The smallest absolute Gasteiger partial charge is 0.311 e. The fourth-order valence-corrected chi connectivity index (χ4v) is 6.13. The molecule has 0 aromatic heterocycles. The van der Waals surface area contributed by atoms with E-state index in [1.165, 1.54) is 7.11 Å². The van der Waals surface area contributed by atoms with Crippen molar-refractivity contribution in [2.75, 3.05) is 32.1 Å². The summed E-state index contributed by atoms with van der Waals surface area (Å²) in [7, 11) is 1.45. The Bertz CT molecular complexity index is 796. The van der Waals surface area contributed by atoms with Crippen LogP contribution in [0.2, 0.25) is 0 Å². The molecule has 3 fully saturated rings. The van der Waals surface area contributed by atoms with Gasteiger partial charge in [0.05, 0.1) is 31.2 Å². The van der Waals surface area contributed by atoms with Gasteiger partial charge in [0.2, 0.25) is 5.91 Å². The van der Waals surface area contributed by atoms with E-state index in [2.05, 4.69) is 23.2 Å². The number of esters is 1. The van der Waals surface area contributed by atoms with Crippen molar-refractivity contribution in [1.82, 2.24) is 4.90 Å². The van der Waals surface area contributed by atoms with Crippen molar-refractivity contribution >= 4 is 17.6 Å². The van der Waals surface area contributed by atoms with E-state index in [1.807, 2.05) is 18.2 Å². The van der Waals surface area contributed by atoms with Gasteiger partial charge in [0.25, 0.3) is 0 Å². The average molecular weight is 370 g/mol. The Kier molecular flexibility index (Phi) is 3.85. The molecule has 1 amide bonds. The first-order chi connectivity index (χ1) is 13.1. The summed E-state index contributed by atoms with van der Waals surface area (Å²) in [6, 6.07) is 8.19. The number of hydrogen-bond donors (Lipinski definition) is 1. The molecule has 27 heavy (non-hydrogen) atoms. The van der Waals surface area contributed by atoms with E-state index in [-0.39, 0.29) is 35.9 Å². The van der Waals surface area contributed by atoms with E-state index in [4.69, 9.17) is 9.47 Å². The summed E-state index contributed by atoms with van der Waals surface area (Å²) in [6.07, 6.45) is 1.79. The monoisotopic (exact) mass is 370 g/mol. The maximum atomic E-state index is 13.2. The molecule has 0 aliphatic carbocycles. The summed E-state index contributed by atoms with van der Waals surface area (Å²) in [5.74, 6) is 0.181. The number of nitrogens with one attached hydrogen (secondary N) is 1. The third kappa shape index (κ3) is 2.26. The molecule has 1 aromatic rings. The Balaban J connectivity index is 1.53. The number of carbonyl (C=O) groups is 2. The lowest BCUT2D eigenvalue weighted by Crippen LogP contribution is -2.59. The Morgan fingerprint density at radius 2 is 2.15 bits per heavy atom. The number of nitrogens with zero attached hydrogens (tertiary/aromatic N) is 1. The van der Waals surface area contributed by atoms with Gasteiger partial charge in [-0.2, -0.15) is 0 Å². The minimum atomic E-state index is -0.496.